The minimum Gasteiger partial charge on any atom is -0.480 e. The Kier molecular flexibility index (Phi) is 6.28. The van der Waals surface area contributed by atoms with Gasteiger partial charge in [-0.15, -0.1) is 0 Å². The molecule has 19 heavy (non-hydrogen) atoms. The highest BCUT2D eigenvalue weighted by molar-refractivity contribution is 5.79. The highest BCUT2D eigenvalue weighted by Gasteiger charge is 2.31. The molecule has 1 unspecified atom stereocenters. The number of carbonyl (C=O) groups is 2. The minimum absolute atomic E-state index is 0.0432. The van der Waals surface area contributed by atoms with Crippen molar-refractivity contribution >= 4 is 11.9 Å². The minimum atomic E-state index is -0.868. The average Bonchev–Trinajstić information content (AvgIpc) is 3.08. The van der Waals surface area contributed by atoms with Crippen molar-refractivity contribution in [2.45, 2.75) is 58.5 Å². The van der Waals surface area contributed by atoms with E-state index in [1.54, 1.807) is 4.90 Å². The molecule has 110 valence electrons. The first-order valence-electron chi connectivity index (χ1n) is 7.13. The summed E-state index contributed by atoms with van der Waals surface area (Å²) >= 11 is 0. The van der Waals surface area contributed by atoms with Crippen LogP contribution in [0.2, 0.25) is 0 Å². The van der Waals surface area contributed by atoms with E-state index in [-0.39, 0.29) is 31.1 Å². The second kappa shape index (κ2) is 7.48. The van der Waals surface area contributed by atoms with Crippen LogP contribution in [0, 0.1) is 5.92 Å². The number of amides is 1. The van der Waals surface area contributed by atoms with E-state index < -0.39 is 5.97 Å². The van der Waals surface area contributed by atoms with Crippen molar-refractivity contribution in [3.63, 3.8) is 0 Å². The smallest absolute Gasteiger partial charge is 0.317 e. The fourth-order valence-corrected chi connectivity index (χ4v) is 2.09. The van der Waals surface area contributed by atoms with E-state index in [0.29, 0.717) is 5.92 Å². The number of carbonyl (C=O) groups excluding carboxylic acids is 1. The van der Waals surface area contributed by atoms with Gasteiger partial charge in [0.1, 0.15) is 0 Å². The Bertz CT molecular complexity index is 314. The maximum absolute atomic E-state index is 11.9. The lowest BCUT2D eigenvalue weighted by atomic mass is 10.0. The fourth-order valence-electron chi connectivity index (χ4n) is 2.09. The molecule has 1 fully saturated rings. The molecule has 0 saturated heterocycles. The molecule has 1 amide bonds. The van der Waals surface area contributed by atoms with Gasteiger partial charge in [-0.2, -0.15) is 0 Å². The predicted octanol–water partition coefficient (Wildman–Crippen LogP) is 1.48. The Hall–Kier alpha value is -1.10. The summed E-state index contributed by atoms with van der Waals surface area (Å²) in [6.07, 6.45) is 4.06. The van der Waals surface area contributed by atoms with Gasteiger partial charge in [-0.1, -0.05) is 13.8 Å². The molecular formula is C14H26N2O3. The number of rotatable bonds is 9. The number of hydrogen-bond acceptors (Lipinski definition) is 3. The van der Waals surface area contributed by atoms with E-state index in [9.17, 15) is 9.59 Å². The number of carboxylic acids is 1. The van der Waals surface area contributed by atoms with Gasteiger partial charge in [-0.05, 0) is 38.5 Å². The largest absolute Gasteiger partial charge is 0.480 e. The molecule has 0 heterocycles. The number of carboxylic acid groups (broad SMARTS) is 1. The molecule has 0 aromatic heterocycles. The van der Waals surface area contributed by atoms with E-state index in [1.807, 2.05) is 6.92 Å². The molecule has 2 N–H and O–H groups in total. The third-order valence-corrected chi connectivity index (χ3v) is 3.33. The summed E-state index contributed by atoms with van der Waals surface area (Å²) in [4.78, 5) is 24.4. The summed E-state index contributed by atoms with van der Waals surface area (Å²) in [6.45, 7) is 6.48. The van der Waals surface area contributed by atoms with Crippen LogP contribution >= 0.6 is 0 Å². The zero-order valence-corrected chi connectivity index (χ0v) is 12.2. The highest BCUT2D eigenvalue weighted by atomic mass is 16.4. The summed E-state index contributed by atoms with van der Waals surface area (Å²) in [7, 11) is 0. The molecular weight excluding hydrogens is 244 g/mol. The molecule has 0 aromatic rings. The summed E-state index contributed by atoms with van der Waals surface area (Å²) in [5.74, 6) is -0.300. The normalized spacial score (nSPS) is 16.7. The summed E-state index contributed by atoms with van der Waals surface area (Å²) < 4.78 is 0. The maximum Gasteiger partial charge on any atom is 0.317 e. The van der Waals surface area contributed by atoms with Crippen molar-refractivity contribution in [2.75, 3.05) is 13.1 Å². The number of aliphatic carboxylic acids is 1. The molecule has 1 atom stereocenters. The Morgan fingerprint density at radius 1 is 1.21 bits per heavy atom. The standard InChI is InChI=1S/C14H26N2O3/c1-10(2)4-5-11(3)15-13(17)8-16(9-14(18)19)12-6-7-12/h10-12H,4-9H2,1-3H3,(H,15,17)(H,18,19). The molecule has 0 radical (unpaired) electrons. The van der Waals surface area contributed by atoms with Gasteiger partial charge in [0.15, 0.2) is 0 Å². The van der Waals surface area contributed by atoms with E-state index >= 15 is 0 Å². The van der Waals surface area contributed by atoms with Crippen molar-refractivity contribution in [2.24, 2.45) is 5.92 Å². The maximum atomic E-state index is 11.9. The van der Waals surface area contributed by atoms with Crippen LogP contribution in [0.3, 0.4) is 0 Å². The summed E-state index contributed by atoms with van der Waals surface area (Å²) in [5, 5.41) is 11.8. The Morgan fingerprint density at radius 3 is 2.32 bits per heavy atom. The molecule has 1 rings (SSSR count). The first-order valence-corrected chi connectivity index (χ1v) is 7.13. The van der Waals surface area contributed by atoms with E-state index in [1.165, 1.54) is 0 Å². The second-order valence-electron chi connectivity index (χ2n) is 5.97. The van der Waals surface area contributed by atoms with Gasteiger partial charge in [-0.25, -0.2) is 0 Å². The van der Waals surface area contributed by atoms with Crippen molar-refractivity contribution in [1.29, 1.82) is 0 Å². The number of nitrogens with zero attached hydrogens (tertiary/aromatic N) is 1. The van der Waals surface area contributed by atoms with Gasteiger partial charge in [0.25, 0.3) is 0 Å². The Labute approximate surface area is 115 Å². The van der Waals surface area contributed by atoms with Crippen LogP contribution < -0.4 is 5.32 Å². The molecule has 0 bridgehead atoms. The Balaban J connectivity index is 2.29. The molecule has 1 saturated carbocycles. The van der Waals surface area contributed by atoms with E-state index in [2.05, 4.69) is 19.2 Å². The monoisotopic (exact) mass is 270 g/mol. The first-order chi connectivity index (χ1) is 8.88. The molecule has 5 heteroatoms. The number of hydrogen-bond donors (Lipinski definition) is 2. The van der Waals surface area contributed by atoms with Crippen molar-refractivity contribution in [1.82, 2.24) is 10.2 Å². The van der Waals surface area contributed by atoms with Crippen molar-refractivity contribution in [3.8, 4) is 0 Å². The van der Waals surface area contributed by atoms with Gasteiger partial charge >= 0.3 is 5.97 Å². The number of nitrogens with one attached hydrogen (secondary N) is 1. The van der Waals surface area contributed by atoms with Crippen LogP contribution in [0.4, 0.5) is 0 Å². The quantitative estimate of drug-likeness (QED) is 0.666. The van der Waals surface area contributed by atoms with Gasteiger partial charge in [-0.3, -0.25) is 14.5 Å². The van der Waals surface area contributed by atoms with E-state index in [0.717, 1.165) is 25.7 Å². The van der Waals surface area contributed by atoms with E-state index in [4.69, 9.17) is 5.11 Å². The zero-order valence-electron chi connectivity index (χ0n) is 12.2. The lowest BCUT2D eigenvalue weighted by molar-refractivity contribution is -0.139. The van der Waals surface area contributed by atoms with Crippen LogP contribution in [0.5, 0.6) is 0 Å². The van der Waals surface area contributed by atoms with Crippen LogP contribution in [0.15, 0.2) is 0 Å². The lowest BCUT2D eigenvalue weighted by Gasteiger charge is -2.21. The molecule has 0 spiro atoms. The predicted molar refractivity (Wildman–Crippen MR) is 73.9 cm³/mol. The van der Waals surface area contributed by atoms with Gasteiger partial charge in [0.05, 0.1) is 13.1 Å². The van der Waals surface area contributed by atoms with Crippen LogP contribution in [-0.4, -0.2) is 47.1 Å². The van der Waals surface area contributed by atoms with Crippen molar-refractivity contribution in [3.05, 3.63) is 0 Å². The summed E-state index contributed by atoms with van der Waals surface area (Å²) in [5.41, 5.74) is 0. The van der Waals surface area contributed by atoms with Gasteiger partial charge in [0.2, 0.25) is 5.91 Å². The van der Waals surface area contributed by atoms with Gasteiger partial charge < -0.3 is 10.4 Å². The van der Waals surface area contributed by atoms with Crippen LogP contribution in [-0.2, 0) is 9.59 Å². The third-order valence-electron chi connectivity index (χ3n) is 3.33. The fraction of sp³-hybridized carbons (Fsp3) is 0.857. The van der Waals surface area contributed by atoms with Crippen molar-refractivity contribution < 1.29 is 14.7 Å². The first kappa shape index (κ1) is 16.0. The Morgan fingerprint density at radius 2 is 1.84 bits per heavy atom. The molecule has 1 aliphatic rings. The lowest BCUT2D eigenvalue weighted by Crippen LogP contribution is -2.43. The average molecular weight is 270 g/mol. The topological polar surface area (TPSA) is 69.6 Å². The summed E-state index contributed by atoms with van der Waals surface area (Å²) in [6, 6.07) is 0.439. The highest BCUT2D eigenvalue weighted by Crippen LogP contribution is 2.26. The molecule has 0 aromatic carbocycles. The van der Waals surface area contributed by atoms with Gasteiger partial charge in [0, 0.05) is 12.1 Å². The molecule has 5 nitrogen and oxygen atoms in total. The second-order valence-corrected chi connectivity index (χ2v) is 5.97. The van der Waals surface area contributed by atoms with Crippen LogP contribution in [0.25, 0.3) is 0 Å². The molecule has 1 aliphatic carbocycles. The molecule has 0 aliphatic heterocycles. The third kappa shape index (κ3) is 7.15. The zero-order chi connectivity index (χ0) is 14.4. The van der Waals surface area contributed by atoms with Crippen LogP contribution in [0.1, 0.15) is 46.5 Å². The SMILES string of the molecule is CC(C)CCC(C)NC(=O)CN(CC(=O)O)C1CC1.